The van der Waals surface area contributed by atoms with Crippen molar-refractivity contribution in [1.82, 2.24) is 4.90 Å². The number of rotatable bonds is 7. The number of likely N-dealkylation sites (tertiary alicyclic amines) is 1. The molecule has 3 rings (SSSR count). The number of aliphatic hydroxyl groups is 1. The number of β-amino-alcohol motifs (C(OH)–C–C–N with tert-alkyl or cyclic N) is 1. The van der Waals surface area contributed by atoms with Crippen molar-refractivity contribution in [2.24, 2.45) is 0 Å². The second-order valence-corrected chi connectivity index (χ2v) is 6.43. The summed E-state index contributed by atoms with van der Waals surface area (Å²) in [6, 6.07) is 14.2. The van der Waals surface area contributed by atoms with Gasteiger partial charge in [0.15, 0.2) is 0 Å². The highest BCUT2D eigenvalue weighted by atomic mass is 16.5. The van der Waals surface area contributed by atoms with E-state index in [4.69, 9.17) is 9.47 Å². The molecule has 1 aliphatic rings. The molecule has 1 aliphatic heterocycles. The van der Waals surface area contributed by atoms with Gasteiger partial charge < -0.3 is 19.5 Å². The molecule has 0 aromatic heterocycles. The van der Waals surface area contributed by atoms with Crippen molar-refractivity contribution in [3.05, 3.63) is 42.5 Å². The molecule has 24 heavy (non-hydrogen) atoms. The summed E-state index contributed by atoms with van der Waals surface area (Å²) in [5, 5.41) is 12.6. The Bertz CT molecular complexity index is 638. The van der Waals surface area contributed by atoms with Crippen LogP contribution < -0.4 is 4.74 Å². The van der Waals surface area contributed by atoms with Crippen molar-refractivity contribution >= 4 is 10.8 Å². The van der Waals surface area contributed by atoms with Gasteiger partial charge in [0, 0.05) is 26.2 Å². The second kappa shape index (κ2) is 8.47. The molecule has 0 amide bonds. The highest BCUT2D eigenvalue weighted by Gasteiger charge is 2.21. The summed E-state index contributed by atoms with van der Waals surface area (Å²) in [6.07, 6.45) is 2.01. The summed E-state index contributed by atoms with van der Waals surface area (Å²) in [5.41, 5.74) is 0. The van der Waals surface area contributed by atoms with E-state index in [1.807, 2.05) is 31.2 Å². The zero-order valence-electron chi connectivity index (χ0n) is 14.4. The molecule has 1 N–H and O–H groups in total. The van der Waals surface area contributed by atoms with Gasteiger partial charge in [0.05, 0.1) is 6.10 Å². The number of hydrogen-bond donors (Lipinski definition) is 1. The minimum Gasteiger partial charge on any atom is -0.491 e. The molecule has 1 heterocycles. The number of fused-ring (bicyclic) bond motifs is 1. The van der Waals surface area contributed by atoms with Gasteiger partial charge in [-0.25, -0.2) is 0 Å². The largest absolute Gasteiger partial charge is 0.491 e. The van der Waals surface area contributed by atoms with Gasteiger partial charge in [-0.15, -0.1) is 0 Å². The molecular formula is C20H27NO3. The van der Waals surface area contributed by atoms with Crippen LogP contribution in [0.2, 0.25) is 0 Å². The number of ether oxygens (including phenoxy) is 2. The Morgan fingerprint density at radius 1 is 1.12 bits per heavy atom. The Hall–Kier alpha value is -1.62. The van der Waals surface area contributed by atoms with Crippen LogP contribution in [0, 0.1) is 0 Å². The topological polar surface area (TPSA) is 41.9 Å². The maximum absolute atomic E-state index is 10.2. The zero-order valence-corrected chi connectivity index (χ0v) is 14.4. The van der Waals surface area contributed by atoms with Crippen LogP contribution in [-0.2, 0) is 4.74 Å². The monoisotopic (exact) mass is 329 g/mol. The van der Waals surface area contributed by atoms with Gasteiger partial charge in [-0.3, -0.25) is 0 Å². The molecule has 1 saturated heterocycles. The van der Waals surface area contributed by atoms with Crippen molar-refractivity contribution in [3.63, 3.8) is 0 Å². The lowest BCUT2D eigenvalue weighted by Gasteiger charge is -2.32. The van der Waals surface area contributed by atoms with E-state index < -0.39 is 6.10 Å². The molecule has 1 atom stereocenters. The normalized spacial score (nSPS) is 17.9. The van der Waals surface area contributed by atoms with Gasteiger partial charge in [-0.2, -0.15) is 0 Å². The van der Waals surface area contributed by atoms with Gasteiger partial charge >= 0.3 is 0 Å². The molecule has 0 bridgehead atoms. The molecule has 130 valence electrons. The fourth-order valence-corrected chi connectivity index (χ4v) is 3.29. The molecule has 4 nitrogen and oxygen atoms in total. The van der Waals surface area contributed by atoms with Crippen molar-refractivity contribution in [1.29, 1.82) is 0 Å². The smallest absolute Gasteiger partial charge is 0.120 e. The summed E-state index contributed by atoms with van der Waals surface area (Å²) < 4.78 is 11.4. The Morgan fingerprint density at radius 3 is 2.62 bits per heavy atom. The maximum Gasteiger partial charge on any atom is 0.120 e. The van der Waals surface area contributed by atoms with Crippen molar-refractivity contribution < 1.29 is 14.6 Å². The van der Waals surface area contributed by atoms with Gasteiger partial charge in [-0.1, -0.05) is 30.3 Å². The van der Waals surface area contributed by atoms with Crippen LogP contribution in [0.15, 0.2) is 42.5 Å². The van der Waals surface area contributed by atoms with Crippen LogP contribution in [0.3, 0.4) is 0 Å². The van der Waals surface area contributed by atoms with Crippen LogP contribution in [0.1, 0.15) is 19.8 Å². The average molecular weight is 329 g/mol. The number of benzene rings is 2. The van der Waals surface area contributed by atoms with E-state index in [2.05, 4.69) is 23.1 Å². The molecule has 0 radical (unpaired) electrons. The standard InChI is InChI=1S/C20H27NO3/c1-2-23-19-9-11-21(12-10-19)14-18(22)15-24-20-8-7-16-5-3-4-6-17(16)13-20/h3-8,13,18-19,22H,2,9-12,14-15H2,1H3. The van der Waals surface area contributed by atoms with Crippen molar-refractivity contribution in [2.75, 3.05) is 32.8 Å². The third-order valence-electron chi connectivity index (χ3n) is 4.57. The molecule has 2 aromatic rings. The highest BCUT2D eigenvalue weighted by Crippen LogP contribution is 2.21. The minimum absolute atomic E-state index is 0.323. The van der Waals surface area contributed by atoms with E-state index in [-0.39, 0.29) is 0 Å². The molecule has 0 saturated carbocycles. The van der Waals surface area contributed by atoms with Gasteiger partial charge in [0.2, 0.25) is 0 Å². The Labute approximate surface area is 144 Å². The molecule has 4 heteroatoms. The molecular weight excluding hydrogens is 302 g/mol. The van der Waals surface area contributed by atoms with E-state index in [1.54, 1.807) is 0 Å². The van der Waals surface area contributed by atoms with Crippen LogP contribution >= 0.6 is 0 Å². The Kier molecular flexibility index (Phi) is 6.07. The summed E-state index contributed by atoms with van der Waals surface area (Å²) in [4.78, 5) is 2.30. The third-order valence-corrected chi connectivity index (χ3v) is 4.57. The summed E-state index contributed by atoms with van der Waals surface area (Å²) in [5.74, 6) is 0.808. The van der Waals surface area contributed by atoms with E-state index in [1.165, 1.54) is 5.39 Å². The van der Waals surface area contributed by atoms with Crippen LogP contribution in [0.4, 0.5) is 0 Å². The van der Waals surface area contributed by atoms with E-state index in [0.717, 1.165) is 43.7 Å². The maximum atomic E-state index is 10.2. The number of piperidine rings is 1. The molecule has 2 aromatic carbocycles. The predicted molar refractivity (Wildman–Crippen MR) is 96.5 cm³/mol. The van der Waals surface area contributed by atoms with Crippen molar-refractivity contribution in [3.8, 4) is 5.75 Å². The van der Waals surface area contributed by atoms with Gasteiger partial charge in [0.1, 0.15) is 18.5 Å². The third kappa shape index (κ3) is 4.69. The Balaban J connectivity index is 1.44. The van der Waals surface area contributed by atoms with Crippen molar-refractivity contribution in [2.45, 2.75) is 32.0 Å². The fourth-order valence-electron chi connectivity index (χ4n) is 3.29. The lowest BCUT2D eigenvalue weighted by atomic mass is 10.1. The first-order valence-electron chi connectivity index (χ1n) is 8.88. The lowest BCUT2D eigenvalue weighted by Crippen LogP contribution is -2.42. The lowest BCUT2D eigenvalue weighted by molar-refractivity contribution is -0.00184. The first-order valence-corrected chi connectivity index (χ1v) is 8.88. The number of nitrogens with zero attached hydrogens (tertiary/aromatic N) is 1. The SMILES string of the molecule is CCOC1CCN(CC(O)COc2ccc3ccccc3c2)CC1. The van der Waals surface area contributed by atoms with E-state index in [9.17, 15) is 5.11 Å². The molecule has 0 aliphatic carbocycles. The molecule has 0 spiro atoms. The molecule has 1 unspecified atom stereocenters. The predicted octanol–water partition coefficient (Wildman–Crippen LogP) is 3.08. The quantitative estimate of drug-likeness (QED) is 0.848. The average Bonchev–Trinajstić information content (AvgIpc) is 2.62. The first-order chi connectivity index (χ1) is 11.7. The molecule has 1 fully saturated rings. The van der Waals surface area contributed by atoms with E-state index in [0.29, 0.717) is 19.3 Å². The van der Waals surface area contributed by atoms with Crippen LogP contribution in [0.5, 0.6) is 5.75 Å². The number of aliphatic hydroxyl groups excluding tert-OH is 1. The highest BCUT2D eigenvalue weighted by molar-refractivity contribution is 5.83. The fraction of sp³-hybridized carbons (Fsp3) is 0.500. The summed E-state index contributed by atoms with van der Waals surface area (Å²) in [6.45, 7) is 5.78. The number of hydrogen-bond acceptors (Lipinski definition) is 4. The zero-order chi connectivity index (χ0) is 16.8. The summed E-state index contributed by atoms with van der Waals surface area (Å²) >= 11 is 0. The van der Waals surface area contributed by atoms with Crippen LogP contribution in [0.25, 0.3) is 10.8 Å². The van der Waals surface area contributed by atoms with Gasteiger partial charge in [-0.05, 0) is 42.7 Å². The minimum atomic E-state index is -0.472. The van der Waals surface area contributed by atoms with Crippen LogP contribution in [-0.4, -0.2) is 55.1 Å². The van der Waals surface area contributed by atoms with Gasteiger partial charge in [0.25, 0.3) is 0 Å². The summed E-state index contributed by atoms with van der Waals surface area (Å²) in [7, 11) is 0. The van der Waals surface area contributed by atoms with E-state index >= 15 is 0 Å². The Morgan fingerprint density at radius 2 is 1.88 bits per heavy atom. The first kappa shape index (κ1) is 17.2. The second-order valence-electron chi connectivity index (χ2n) is 6.43.